The van der Waals surface area contributed by atoms with Crippen LogP contribution in [0, 0.1) is 0 Å². The molecule has 35 heavy (non-hydrogen) atoms. The van der Waals surface area contributed by atoms with Crippen LogP contribution >= 0.6 is 0 Å². The first kappa shape index (κ1) is 24.6. The summed E-state index contributed by atoms with van der Waals surface area (Å²) >= 11 is 0. The third-order valence-electron chi connectivity index (χ3n) is 5.96. The molecule has 0 aliphatic heterocycles. The van der Waals surface area contributed by atoms with E-state index in [0.29, 0.717) is 13.1 Å². The molecule has 3 N–H and O–H groups in total. The Bertz CT molecular complexity index is 1400. The summed E-state index contributed by atoms with van der Waals surface area (Å²) in [5, 5.41) is 1.76. The molecule has 0 bridgehead atoms. The molecule has 0 aliphatic rings. The van der Waals surface area contributed by atoms with E-state index in [-0.39, 0.29) is 17.2 Å². The zero-order valence-electron chi connectivity index (χ0n) is 19.6. The van der Waals surface area contributed by atoms with Gasteiger partial charge in [-0.2, -0.15) is 4.72 Å². The van der Waals surface area contributed by atoms with Gasteiger partial charge in [-0.25, -0.2) is 8.42 Å². The molecule has 0 heterocycles. The molecule has 4 rings (SSSR count). The van der Waals surface area contributed by atoms with Crippen molar-refractivity contribution in [3.8, 4) is 0 Å². The van der Waals surface area contributed by atoms with Crippen molar-refractivity contribution in [2.75, 3.05) is 7.05 Å². The Labute approximate surface area is 206 Å². The molecule has 0 fully saturated rings. The van der Waals surface area contributed by atoms with Gasteiger partial charge in [-0.15, -0.1) is 0 Å². The number of nitrogens with one attached hydrogen (secondary N) is 1. The van der Waals surface area contributed by atoms with E-state index in [9.17, 15) is 13.2 Å². The van der Waals surface area contributed by atoms with E-state index in [1.165, 1.54) is 0 Å². The number of sulfonamides is 1. The minimum Gasteiger partial charge on any atom is -0.340 e. The lowest BCUT2D eigenvalue weighted by Gasteiger charge is -2.25. The number of fused-ring (bicyclic) bond motifs is 1. The molecule has 0 aromatic heterocycles. The number of likely N-dealkylation sites (N-methyl/N-ethyl adjacent to an activating group) is 1. The van der Waals surface area contributed by atoms with Crippen LogP contribution in [0.3, 0.4) is 0 Å². The number of nitrogens with two attached hydrogens (primary N) is 1. The van der Waals surface area contributed by atoms with E-state index in [0.717, 1.165) is 27.5 Å². The summed E-state index contributed by atoms with van der Waals surface area (Å²) in [5.74, 6) is -0.305. The first-order chi connectivity index (χ1) is 16.9. The highest BCUT2D eigenvalue weighted by Crippen LogP contribution is 2.20. The molecule has 4 aromatic rings. The second-order valence-corrected chi connectivity index (χ2v) is 10.3. The van der Waals surface area contributed by atoms with Gasteiger partial charge in [-0.1, -0.05) is 84.9 Å². The lowest BCUT2D eigenvalue weighted by Crippen LogP contribution is -2.48. The average molecular weight is 488 g/mol. The number of amides is 1. The Morgan fingerprint density at radius 2 is 1.46 bits per heavy atom. The molecule has 0 unspecified atom stereocenters. The maximum atomic E-state index is 13.5. The second-order valence-electron chi connectivity index (χ2n) is 8.59. The van der Waals surface area contributed by atoms with Gasteiger partial charge in [0.05, 0.1) is 4.90 Å². The molecule has 1 amide bonds. The van der Waals surface area contributed by atoms with Crippen LogP contribution < -0.4 is 10.5 Å². The van der Waals surface area contributed by atoms with E-state index in [1.807, 2.05) is 78.9 Å². The van der Waals surface area contributed by atoms with Crippen LogP contribution in [0.4, 0.5) is 0 Å². The number of benzene rings is 4. The van der Waals surface area contributed by atoms with E-state index >= 15 is 0 Å². The highest BCUT2D eigenvalue weighted by Gasteiger charge is 2.28. The predicted octanol–water partition coefficient (Wildman–Crippen LogP) is 3.85. The van der Waals surface area contributed by atoms with Crippen LogP contribution in [0.15, 0.2) is 102 Å². The summed E-state index contributed by atoms with van der Waals surface area (Å²) < 4.78 is 29.4. The molecule has 6 nitrogen and oxygen atoms in total. The molecule has 0 aliphatic carbocycles. The number of rotatable bonds is 9. The van der Waals surface area contributed by atoms with E-state index in [4.69, 9.17) is 5.73 Å². The molecule has 0 spiro atoms. The number of hydrogen-bond donors (Lipinski definition) is 2. The maximum Gasteiger partial charge on any atom is 0.241 e. The maximum absolute atomic E-state index is 13.5. The van der Waals surface area contributed by atoms with Crippen molar-refractivity contribution in [2.24, 2.45) is 5.73 Å². The van der Waals surface area contributed by atoms with Crippen LogP contribution in [0.5, 0.6) is 0 Å². The minimum absolute atomic E-state index is 0.123. The number of nitrogens with zero attached hydrogens (tertiary/aromatic N) is 1. The Morgan fingerprint density at radius 3 is 2.14 bits per heavy atom. The fourth-order valence-electron chi connectivity index (χ4n) is 4.02. The van der Waals surface area contributed by atoms with Crippen LogP contribution in [-0.4, -0.2) is 32.3 Å². The normalized spacial score (nSPS) is 12.4. The lowest BCUT2D eigenvalue weighted by atomic mass is 10.0. The predicted molar refractivity (Wildman–Crippen MR) is 139 cm³/mol. The zero-order valence-corrected chi connectivity index (χ0v) is 20.4. The highest BCUT2D eigenvalue weighted by molar-refractivity contribution is 7.89. The van der Waals surface area contributed by atoms with Crippen molar-refractivity contribution in [2.45, 2.75) is 30.4 Å². The van der Waals surface area contributed by atoms with Gasteiger partial charge in [0.2, 0.25) is 15.9 Å². The summed E-state index contributed by atoms with van der Waals surface area (Å²) in [7, 11) is -2.27. The Hall–Kier alpha value is -3.52. The van der Waals surface area contributed by atoms with Gasteiger partial charge in [-0.3, -0.25) is 4.79 Å². The first-order valence-corrected chi connectivity index (χ1v) is 12.9. The van der Waals surface area contributed by atoms with Gasteiger partial charge in [-0.05, 0) is 46.0 Å². The summed E-state index contributed by atoms with van der Waals surface area (Å²) in [4.78, 5) is 15.2. The molecular formula is C28H29N3O3S. The van der Waals surface area contributed by atoms with Gasteiger partial charge in [0.25, 0.3) is 0 Å². The van der Waals surface area contributed by atoms with Crippen molar-refractivity contribution in [3.05, 3.63) is 114 Å². The third-order valence-corrected chi connectivity index (χ3v) is 7.43. The van der Waals surface area contributed by atoms with Crippen LogP contribution in [0.25, 0.3) is 10.8 Å². The molecule has 180 valence electrons. The molecule has 4 aromatic carbocycles. The fourth-order valence-corrected chi connectivity index (χ4v) is 5.24. The van der Waals surface area contributed by atoms with E-state index < -0.39 is 16.1 Å². The average Bonchev–Trinajstić information content (AvgIpc) is 2.88. The number of hydrogen-bond acceptors (Lipinski definition) is 4. The summed E-state index contributed by atoms with van der Waals surface area (Å²) in [6.45, 7) is 0.789. The monoisotopic (exact) mass is 487 g/mol. The van der Waals surface area contributed by atoms with Crippen LogP contribution in [0.2, 0.25) is 0 Å². The standard InChI is InChI=1S/C28H29N3O3S/c1-31(20-23-7-3-2-4-8-23)28(32)27(17-21-11-13-22(19-29)14-12-21)30-35(33,34)26-16-15-24-9-5-6-10-25(24)18-26/h2-16,18,27,30H,17,19-20,29H2,1H3/t27-/m0/s1. The van der Waals surface area contributed by atoms with E-state index in [2.05, 4.69) is 4.72 Å². The summed E-state index contributed by atoms with van der Waals surface area (Å²) in [6, 6.07) is 28.7. The summed E-state index contributed by atoms with van der Waals surface area (Å²) in [5.41, 5.74) is 8.47. The van der Waals surface area contributed by atoms with Crippen molar-refractivity contribution in [3.63, 3.8) is 0 Å². The molecule has 0 radical (unpaired) electrons. The molecule has 0 saturated carbocycles. The quantitative estimate of drug-likeness (QED) is 0.375. The Morgan fingerprint density at radius 1 is 0.829 bits per heavy atom. The molecular weight excluding hydrogens is 458 g/mol. The largest absolute Gasteiger partial charge is 0.340 e. The number of carbonyl (C=O) groups is 1. The fraction of sp³-hybridized carbons (Fsp3) is 0.179. The number of carbonyl (C=O) groups excluding carboxylic acids is 1. The SMILES string of the molecule is CN(Cc1ccccc1)C(=O)[C@H](Cc1ccc(CN)cc1)NS(=O)(=O)c1ccc2ccccc2c1. The molecule has 1 atom stereocenters. The molecule has 7 heteroatoms. The van der Waals surface area contributed by atoms with Gasteiger partial charge in [0.1, 0.15) is 6.04 Å². The Balaban J connectivity index is 1.61. The van der Waals surface area contributed by atoms with Gasteiger partial charge < -0.3 is 10.6 Å². The summed E-state index contributed by atoms with van der Waals surface area (Å²) in [6.07, 6.45) is 0.218. The minimum atomic E-state index is -3.95. The van der Waals surface area contributed by atoms with Gasteiger partial charge in [0.15, 0.2) is 0 Å². The van der Waals surface area contributed by atoms with Crippen molar-refractivity contribution < 1.29 is 13.2 Å². The van der Waals surface area contributed by atoms with Crippen LogP contribution in [-0.2, 0) is 34.3 Å². The van der Waals surface area contributed by atoms with Crippen molar-refractivity contribution >= 4 is 26.7 Å². The van der Waals surface area contributed by atoms with Crippen molar-refractivity contribution in [1.29, 1.82) is 0 Å². The van der Waals surface area contributed by atoms with Gasteiger partial charge >= 0.3 is 0 Å². The first-order valence-electron chi connectivity index (χ1n) is 11.4. The van der Waals surface area contributed by atoms with Crippen molar-refractivity contribution in [1.82, 2.24) is 9.62 Å². The lowest BCUT2D eigenvalue weighted by molar-refractivity contribution is -0.132. The second kappa shape index (κ2) is 10.8. The van der Waals surface area contributed by atoms with Crippen LogP contribution in [0.1, 0.15) is 16.7 Å². The highest BCUT2D eigenvalue weighted by atomic mass is 32.2. The third kappa shape index (κ3) is 6.14. The van der Waals surface area contributed by atoms with Gasteiger partial charge in [0, 0.05) is 20.1 Å². The van der Waals surface area contributed by atoms with E-state index in [1.54, 1.807) is 30.1 Å². The Kier molecular flexibility index (Phi) is 7.60. The smallest absolute Gasteiger partial charge is 0.241 e. The molecule has 0 saturated heterocycles. The zero-order chi connectivity index (χ0) is 24.8. The topological polar surface area (TPSA) is 92.5 Å².